The van der Waals surface area contributed by atoms with Crippen molar-refractivity contribution in [1.82, 2.24) is 36.5 Å². The van der Waals surface area contributed by atoms with Gasteiger partial charge in [-0.05, 0) is 38.7 Å². The fourth-order valence-corrected chi connectivity index (χ4v) is 7.47. The predicted molar refractivity (Wildman–Crippen MR) is 180 cm³/mol. The average Bonchev–Trinajstić information content (AvgIpc) is 3.83. The first-order valence-corrected chi connectivity index (χ1v) is 17.7. The summed E-state index contributed by atoms with van der Waals surface area (Å²) in [4.78, 5) is 87.6. The minimum absolute atomic E-state index is 0.0497. The maximum atomic E-state index is 14.4. The molecule has 1 saturated carbocycles. The zero-order valence-electron chi connectivity index (χ0n) is 28.1. The van der Waals surface area contributed by atoms with Crippen LogP contribution in [-0.4, -0.2) is 99.3 Å². The Morgan fingerprint density at radius 2 is 1.71 bits per heavy atom. The van der Waals surface area contributed by atoms with Crippen molar-refractivity contribution in [2.75, 3.05) is 6.54 Å². The van der Waals surface area contributed by atoms with E-state index in [2.05, 4.69) is 31.6 Å². The molecule has 3 fully saturated rings. The first kappa shape index (κ1) is 35.9. The number of rotatable bonds is 6. The topological polar surface area (TPSA) is 199 Å². The van der Waals surface area contributed by atoms with E-state index in [9.17, 15) is 33.9 Å². The van der Waals surface area contributed by atoms with Crippen molar-refractivity contribution in [1.29, 1.82) is 0 Å². The number of amides is 6. The Bertz CT molecular complexity index is 1560. The van der Waals surface area contributed by atoms with Gasteiger partial charge in [0.05, 0.1) is 17.0 Å². The SMILES string of the molecule is CC(C)c1nc(C(=O)N[C@@H]2C[C@H]3C(=O)N[C@@H](C)C(=O)N[C@@H]4CCC[C@H]4C(=O)N[C@@H]([C@@H](C)O)C(=O)N[C@@H](Cc4ccccc4)C(=O)N3C2)cs1. The van der Waals surface area contributed by atoms with Gasteiger partial charge in [-0.2, -0.15) is 0 Å². The lowest BCUT2D eigenvalue weighted by molar-refractivity contribution is -0.143. The molecule has 0 radical (unpaired) electrons. The summed E-state index contributed by atoms with van der Waals surface area (Å²) in [6.45, 7) is 6.80. The second kappa shape index (κ2) is 15.5. The summed E-state index contributed by atoms with van der Waals surface area (Å²) in [6.07, 6.45) is 0.448. The molecule has 49 heavy (non-hydrogen) atoms. The molecule has 264 valence electrons. The molecule has 15 heteroatoms. The van der Waals surface area contributed by atoms with Gasteiger partial charge in [-0.3, -0.25) is 28.8 Å². The highest BCUT2D eigenvalue weighted by Crippen LogP contribution is 2.27. The molecular formula is C34H45N7O7S. The number of hydrogen-bond donors (Lipinski definition) is 6. The van der Waals surface area contributed by atoms with Gasteiger partial charge in [-0.15, -0.1) is 11.3 Å². The number of fused-ring (bicyclic) bond motifs is 2. The number of thiazole rings is 1. The molecule has 2 saturated heterocycles. The monoisotopic (exact) mass is 695 g/mol. The summed E-state index contributed by atoms with van der Waals surface area (Å²) < 4.78 is 0. The minimum atomic E-state index is -1.39. The lowest BCUT2D eigenvalue weighted by Crippen LogP contribution is -2.61. The number of aliphatic hydroxyl groups excluding tert-OH is 1. The van der Waals surface area contributed by atoms with Crippen molar-refractivity contribution in [2.24, 2.45) is 5.92 Å². The van der Waals surface area contributed by atoms with E-state index < -0.39 is 83.7 Å². The van der Waals surface area contributed by atoms with E-state index in [-0.39, 0.29) is 31.0 Å². The van der Waals surface area contributed by atoms with Gasteiger partial charge in [0, 0.05) is 36.3 Å². The van der Waals surface area contributed by atoms with Crippen molar-refractivity contribution in [3.63, 3.8) is 0 Å². The van der Waals surface area contributed by atoms with Gasteiger partial charge in [0.25, 0.3) is 5.91 Å². The second-order valence-corrected chi connectivity index (χ2v) is 14.4. The Balaban J connectivity index is 1.47. The highest BCUT2D eigenvalue weighted by atomic mass is 32.1. The normalized spacial score (nSPS) is 29.0. The summed E-state index contributed by atoms with van der Waals surface area (Å²) in [5.41, 5.74) is 0.961. The molecule has 3 heterocycles. The summed E-state index contributed by atoms with van der Waals surface area (Å²) in [6, 6.07) is 3.16. The highest BCUT2D eigenvalue weighted by molar-refractivity contribution is 7.09. The zero-order valence-corrected chi connectivity index (χ0v) is 28.9. The van der Waals surface area contributed by atoms with Crippen LogP contribution in [0.1, 0.15) is 80.4 Å². The Morgan fingerprint density at radius 1 is 0.980 bits per heavy atom. The van der Waals surface area contributed by atoms with Gasteiger partial charge < -0.3 is 36.6 Å². The Labute approximate surface area is 289 Å². The van der Waals surface area contributed by atoms with E-state index in [0.717, 1.165) is 10.6 Å². The fourth-order valence-electron chi connectivity index (χ4n) is 6.66. The smallest absolute Gasteiger partial charge is 0.271 e. The Kier molecular flexibility index (Phi) is 11.3. The molecule has 14 nitrogen and oxygen atoms in total. The van der Waals surface area contributed by atoms with E-state index in [1.165, 1.54) is 30.1 Å². The molecule has 6 N–H and O–H groups in total. The van der Waals surface area contributed by atoms with Crippen molar-refractivity contribution in [3.8, 4) is 0 Å². The van der Waals surface area contributed by atoms with Gasteiger partial charge in [0.1, 0.15) is 29.9 Å². The van der Waals surface area contributed by atoms with E-state index >= 15 is 0 Å². The van der Waals surface area contributed by atoms with Gasteiger partial charge in [-0.1, -0.05) is 50.6 Å². The van der Waals surface area contributed by atoms with Gasteiger partial charge in [0.2, 0.25) is 29.5 Å². The summed E-state index contributed by atoms with van der Waals surface area (Å²) in [5.74, 6) is -3.92. The van der Waals surface area contributed by atoms with Crippen LogP contribution in [0.15, 0.2) is 35.7 Å². The van der Waals surface area contributed by atoms with E-state index in [0.29, 0.717) is 19.3 Å². The number of hydrogen-bond acceptors (Lipinski definition) is 9. The van der Waals surface area contributed by atoms with Crippen LogP contribution >= 0.6 is 11.3 Å². The number of benzene rings is 1. The Hall–Kier alpha value is -4.37. The minimum Gasteiger partial charge on any atom is -0.391 e. The maximum Gasteiger partial charge on any atom is 0.271 e. The molecule has 0 spiro atoms. The molecule has 1 aromatic heterocycles. The van der Waals surface area contributed by atoms with Gasteiger partial charge in [-0.25, -0.2) is 4.98 Å². The fraction of sp³-hybridized carbons (Fsp3) is 0.559. The van der Waals surface area contributed by atoms with E-state index in [1.807, 2.05) is 19.9 Å². The zero-order chi connectivity index (χ0) is 35.4. The predicted octanol–water partition coefficient (Wildman–Crippen LogP) is 0.362. The van der Waals surface area contributed by atoms with Crippen LogP contribution in [0.4, 0.5) is 0 Å². The van der Waals surface area contributed by atoms with Crippen LogP contribution < -0.4 is 26.6 Å². The molecular weight excluding hydrogens is 650 g/mol. The molecule has 0 unspecified atom stereocenters. The third-order valence-corrected chi connectivity index (χ3v) is 10.5. The number of nitrogens with one attached hydrogen (secondary N) is 5. The van der Waals surface area contributed by atoms with Crippen molar-refractivity contribution in [3.05, 3.63) is 52.0 Å². The number of carbonyl (C=O) groups is 6. The standard InChI is InChI=1S/C34H45N7O7S/c1-17(2)33-39-25(16-49-33)30(45)36-21-14-26-31(46)35-18(3)28(43)37-23-12-8-11-22(23)29(44)40-27(19(4)42)32(47)38-24(34(48)41(26)15-21)13-20-9-6-5-7-10-20/h5-7,9-10,16-19,21-24,26-27,42H,8,11-15H2,1-4H3,(H,35,46)(H,36,45)(H,37,43)(H,38,47)(H,40,44)/t18-,19+,21+,22+,23+,24-,26-,27-/m0/s1. The quantitative estimate of drug-likeness (QED) is 0.249. The summed E-state index contributed by atoms with van der Waals surface area (Å²) in [5, 5.41) is 27.0. The second-order valence-electron chi connectivity index (χ2n) is 13.5. The molecule has 1 aromatic carbocycles. The molecule has 1 aliphatic carbocycles. The van der Waals surface area contributed by atoms with Crippen LogP contribution in [0.2, 0.25) is 0 Å². The summed E-state index contributed by atoms with van der Waals surface area (Å²) in [7, 11) is 0. The number of nitrogens with zero attached hydrogens (tertiary/aromatic N) is 2. The largest absolute Gasteiger partial charge is 0.391 e. The van der Waals surface area contributed by atoms with Gasteiger partial charge >= 0.3 is 0 Å². The third kappa shape index (κ3) is 8.44. The third-order valence-electron chi connectivity index (χ3n) is 9.36. The first-order valence-electron chi connectivity index (χ1n) is 16.8. The van der Waals surface area contributed by atoms with E-state index in [4.69, 9.17) is 0 Å². The molecule has 0 bridgehead atoms. The van der Waals surface area contributed by atoms with Crippen LogP contribution in [0.5, 0.6) is 0 Å². The number of carbonyl (C=O) groups excluding carboxylic acids is 6. The lowest BCUT2D eigenvalue weighted by atomic mass is 10.00. The Morgan fingerprint density at radius 3 is 2.39 bits per heavy atom. The van der Waals surface area contributed by atoms with Crippen LogP contribution in [-0.2, 0) is 30.4 Å². The molecule has 8 atom stereocenters. The molecule has 2 aromatic rings. The van der Waals surface area contributed by atoms with Crippen molar-refractivity contribution < 1.29 is 33.9 Å². The average molecular weight is 696 g/mol. The van der Waals surface area contributed by atoms with E-state index in [1.54, 1.807) is 29.6 Å². The molecule has 3 aliphatic rings. The number of aromatic nitrogens is 1. The van der Waals surface area contributed by atoms with Gasteiger partial charge in [0.15, 0.2) is 0 Å². The van der Waals surface area contributed by atoms with Crippen molar-refractivity contribution in [2.45, 2.75) is 108 Å². The highest BCUT2D eigenvalue weighted by Gasteiger charge is 2.45. The first-order chi connectivity index (χ1) is 23.3. The van der Waals surface area contributed by atoms with Crippen molar-refractivity contribution >= 4 is 46.8 Å². The molecule has 6 amide bonds. The maximum absolute atomic E-state index is 14.4. The molecule has 2 aliphatic heterocycles. The molecule has 5 rings (SSSR count). The summed E-state index contributed by atoms with van der Waals surface area (Å²) >= 11 is 1.37. The van der Waals surface area contributed by atoms with Crippen LogP contribution in [0.25, 0.3) is 0 Å². The number of aliphatic hydroxyl groups is 1. The lowest BCUT2D eigenvalue weighted by Gasteiger charge is -2.32. The van der Waals surface area contributed by atoms with Crippen LogP contribution in [0.3, 0.4) is 0 Å². The van der Waals surface area contributed by atoms with Crippen LogP contribution in [0, 0.1) is 5.92 Å².